The Bertz CT molecular complexity index is 307. The molecule has 0 unspecified atom stereocenters. The van der Waals surface area contributed by atoms with Crippen LogP contribution in [0, 0.1) is 0 Å². The molecule has 0 spiro atoms. The van der Waals surface area contributed by atoms with Gasteiger partial charge in [-0.25, -0.2) is 0 Å². The SMILES string of the molecule is CN(C)C(=O)CNCc1nnn(C)n1. The van der Waals surface area contributed by atoms with Crippen LogP contribution in [0.2, 0.25) is 0 Å². The van der Waals surface area contributed by atoms with Gasteiger partial charge < -0.3 is 10.2 Å². The molecule has 1 aromatic rings. The fraction of sp³-hybridized carbons (Fsp3) is 0.714. The molecular formula is C7H14N6O. The van der Waals surface area contributed by atoms with Gasteiger partial charge in [-0.05, 0) is 5.21 Å². The van der Waals surface area contributed by atoms with Gasteiger partial charge in [0.1, 0.15) is 0 Å². The first kappa shape index (κ1) is 10.6. The second kappa shape index (κ2) is 4.66. The minimum Gasteiger partial charge on any atom is -0.348 e. The third kappa shape index (κ3) is 3.09. The minimum absolute atomic E-state index is 0.0221. The van der Waals surface area contributed by atoms with Gasteiger partial charge in [0.2, 0.25) is 5.91 Å². The van der Waals surface area contributed by atoms with Crippen molar-refractivity contribution in [2.45, 2.75) is 6.54 Å². The Kier molecular flexibility index (Phi) is 3.52. The van der Waals surface area contributed by atoms with Gasteiger partial charge in [-0.3, -0.25) is 4.79 Å². The fourth-order valence-corrected chi connectivity index (χ4v) is 0.833. The van der Waals surface area contributed by atoms with Crippen LogP contribution in [0.5, 0.6) is 0 Å². The summed E-state index contributed by atoms with van der Waals surface area (Å²) in [6.45, 7) is 0.735. The van der Waals surface area contributed by atoms with Crippen molar-refractivity contribution in [2.24, 2.45) is 7.05 Å². The zero-order chi connectivity index (χ0) is 10.6. The van der Waals surface area contributed by atoms with Gasteiger partial charge in [-0.15, -0.1) is 10.2 Å². The van der Waals surface area contributed by atoms with Gasteiger partial charge in [-0.1, -0.05) is 0 Å². The molecule has 1 heterocycles. The van der Waals surface area contributed by atoms with Crippen LogP contribution in [0.1, 0.15) is 5.82 Å². The standard InChI is InChI=1S/C7H14N6O/c1-12(2)7(14)5-8-4-6-9-11-13(3)10-6/h8H,4-5H2,1-3H3. The van der Waals surface area contributed by atoms with E-state index in [2.05, 4.69) is 20.7 Å². The number of tetrazole rings is 1. The average molecular weight is 198 g/mol. The van der Waals surface area contributed by atoms with Crippen molar-refractivity contribution in [3.05, 3.63) is 5.82 Å². The summed E-state index contributed by atoms with van der Waals surface area (Å²) in [5.74, 6) is 0.605. The summed E-state index contributed by atoms with van der Waals surface area (Å²) in [6, 6.07) is 0. The molecule has 0 aliphatic carbocycles. The molecule has 0 aromatic carbocycles. The molecule has 1 N–H and O–H groups in total. The van der Waals surface area contributed by atoms with Crippen molar-refractivity contribution in [1.29, 1.82) is 0 Å². The highest BCUT2D eigenvalue weighted by atomic mass is 16.2. The normalized spacial score (nSPS) is 10.2. The van der Waals surface area contributed by atoms with Crippen LogP contribution < -0.4 is 5.32 Å². The number of rotatable bonds is 4. The molecule has 0 saturated carbocycles. The lowest BCUT2D eigenvalue weighted by Crippen LogP contribution is -2.32. The zero-order valence-electron chi connectivity index (χ0n) is 8.56. The van der Waals surface area contributed by atoms with E-state index in [4.69, 9.17) is 0 Å². The third-order valence-electron chi connectivity index (χ3n) is 1.61. The third-order valence-corrected chi connectivity index (χ3v) is 1.61. The molecule has 1 amide bonds. The van der Waals surface area contributed by atoms with Crippen molar-refractivity contribution in [3.8, 4) is 0 Å². The topological polar surface area (TPSA) is 75.9 Å². The van der Waals surface area contributed by atoms with Crippen molar-refractivity contribution in [1.82, 2.24) is 30.4 Å². The monoisotopic (exact) mass is 198 g/mol. The predicted octanol–water partition coefficient (Wildman–Crippen LogP) is -1.61. The lowest BCUT2D eigenvalue weighted by Gasteiger charge is -2.09. The van der Waals surface area contributed by atoms with E-state index >= 15 is 0 Å². The molecule has 0 atom stereocenters. The lowest BCUT2D eigenvalue weighted by molar-refractivity contribution is -0.127. The minimum atomic E-state index is 0.0221. The summed E-state index contributed by atoms with van der Waals surface area (Å²) < 4.78 is 0. The molecule has 1 rings (SSSR count). The summed E-state index contributed by atoms with van der Waals surface area (Å²) in [6.07, 6.45) is 0. The molecule has 0 aliphatic heterocycles. The summed E-state index contributed by atoms with van der Waals surface area (Å²) >= 11 is 0. The average Bonchev–Trinajstić information content (AvgIpc) is 2.51. The smallest absolute Gasteiger partial charge is 0.236 e. The number of aromatic nitrogens is 4. The van der Waals surface area contributed by atoms with E-state index in [1.807, 2.05) is 0 Å². The molecule has 14 heavy (non-hydrogen) atoms. The van der Waals surface area contributed by atoms with E-state index in [1.165, 1.54) is 9.70 Å². The Hall–Kier alpha value is -1.50. The van der Waals surface area contributed by atoms with E-state index in [1.54, 1.807) is 21.1 Å². The van der Waals surface area contributed by atoms with Gasteiger partial charge >= 0.3 is 0 Å². The van der Waals surface area contributed by atoms with Gasteiger partial charge in [0, 0.05) is 14.1 Å². The number of hydrogen-bond acceptors (Lipinski definition) is 5. The molecule has 0 bridgehead atoms. The van der Waals surface area contributed by atoms with Crippen molar-refractivity contribution < 1.29 is 4.79 Å². The van der Waals surface area contributed by atoms with Gasteiger partial charge in [0.15, 0.2) is 5.82 Å². The number of aryl methyl sites for hydroxylation is 1. The fourth-order valence-electron chi connectivity index (χ4n) is 0.833. The molecule has 1 aromatic heterocycles. The van der Waals surface area contributed by atoms with E-state index in [0.29, 0.717) is 12.4 Å². The first-order chi connectivity index (χ1) is 6.59. The highest BCUT2D eigenvalue weighted by molar-refractivity contribution is 5.77. The maximum absolute atomic E-state index is 11.1. The van der Waals surface area contributed by atoms with Crippen LogP contribution in [0.15, 0.2) is 0 Å². The Morgan fingerprint density at radius 2 is 2.29 bits per heavy atom. The maximum atomic E-state index is 11.1. The number of carbonyl (C=O) groups excluding carboxylic acids is 1. The summed E-state index contributed by atoms with van der Waals surface area (Å²) in [4.78, 5) is 14.0. The van der Waals surface area contributed by atoms with Crippen molar-refractivity contribution in [2.75, 3.05) is 20.6 Å². The lowest BCUT2D eigenvalue weighted by atomic mass is 10.5. The summed E-state index contributed by atoms with van der Waals surface area (Å²) in [5, 5.41) is 14.3. The quantitative estimate of drug-likeness (QED) is 0.630. The first-order valence-corrected chi connectivity index (χ1v) is 4.23. The maximum Gasteiger partial charge on any atom is 0.236 e. The number of likely N-dealkylation sites (N-methyl/N-ethyl adjacent to an activating group) is 1. The van der Waals surface area contributed by atoms with E-state index < -0.39 is 0 Å². The molecular weight excluding hydrogens is 184 g/mol. The van der Waals surface area contributed by atoms with Crippen molar-refractivity contribution in [3.63, 3.8) is 0 Å². The Labute approximate surface area is 82.1 Å². The van der Waals surface area contributed by atoms with Crippen molar-refractivity contribution >= 4 is 5.91 Å². The van der Waals surface area contributed by atoms with Gasteiger partial charge in [0.25, 0.3) is 0 Å². The summed E-state index contributed by atoms with van der Waals surface area (Å²) in [5.41, 5.74) is 0. The number of carbonyl (C=O) groups is 1. The Morgan fingerprint density at radius 1 is 1.57 bits per heavy atom. The van der Waals surface area contributed by atoms with Crippen LogP contribution >= 0.6 is 0 Å². The highest BCUT2D eigenvalue weighted by Crippen LogP contribution is 1.83. The Balaban J connectivity index is 2.25. The van der Waals surface area contributed by atoms with Crippen LogP contribution in [0.3, 0.4) is 0 Å². The molecule has 0 aliphatic rings. The predicted molar refractivity (Wildman–Crippen MR) is 49.2 cm³/mol. The highest BCUT2D eigenvalue weighted by Gasteiger charge is 2.04. The molecule has 0 saturated heterocycles. The number of hydrogen-bond donors (Lipinski definition) is 1. The summed E-state index contributed by atoms with van der Waals surface area (Å²) in [7, 11) is 5.12. The number of amides is 1. The molecule has 7 nitrogen and oxygen atoms in total. The Morgan fingerprint density at radius 3 is 2.79 bits per heavy atom. The van der Waals surface area contributed by atoms with Gasteiger partial charge in [-0.2, -0.15) is 4.80 Å². The van der Waals surface area contributed by atoms with Crippen LogP contribution in [0.4, 0.5) is 0 Å². The van der Waals surface area contributed by atoms with E-state index in [-0.39, 0.29) is 12.5 Å². The molecule has 7 heteroatoms. The largest absolute Gasteiger partial charge is 0.348 e. The molecule has 0 radical (unpaired) electrons. The van der Waals surface area contributed by atoms with Gasteiger partial charge in [0.05, 0.1) is 20.1 Å². The molecule has 78 valence electrons. The second-order valence-electron chi connectivity index (χ2n) is 3.09. The van der Waals surface area contributed by atoms with E-state index in [0.717, 1.165) is 0 Å². The van der Waals surface area contributed by atoms with E-state index in [9.17, 15) is 4.79 Å². The van der Waals surface area contributed by atoms with Crippen LogP contribution in [-0.2, 0) is 18.4 Å². The second-order valence-corrected chi connectivity index (χ2v) is 3.09. The zero-order valence-corrected chi connectivity index (χ0v) is 8.56. The van der Waals surface area contributed by atoms with Crippen LogP contribution in [0.25, 0.3) is 0 Å². The first-order valence-electron chi connectivity index (χ1n) is 4.23. The number of nitrogens with zero attached hydrogens (tertiary/aromatic N) is 5. The number of nitrogens with one attached hydrogen (secondary N) is 1. The van der Waals surface area contributed by atoms with Crippen LogP contribution in [-0.4, -0.2) is 51.7 Å². The molecule has 0 fully saturated rings.